The van der Waals surface area contributed by atoms with E-state index in [0.717, 1.165) is 0 Å². The molecule has 0 aromatic carbocycles. The van der Waals surface area contributed by atoms with E-state index < -0.39 is 5.91 Å². The van der Waals surface area contributed by atoms with Gasteiger partial charge in [-0.15, -0.1) is 5.10 Å². The highest BCUT2D eigenvalue weighted by atomic mass is 16.5. The number of rotatable bonds is 4. The summed E-state index contributed by atoms with van der Waals surface area (Å²) in [4.78, 5) is 15.1. The Hall–Kier alpha value is -2.29. The molecular weight excluding hydrogens is 226 g/mol. The second-order valence-electron chi connectivity index (χ2n) is 3.20. The van der Waals surface area contributed by atoms with Crippen molar-refractivity contribution >= 4 is 5.91 Å². The summed E-state index contributed by atoms with van der Waals surface area (Å²) >= 11 is 0. The van der Waals surface area contributed by atoms with Crippen molar-refractivity contribution in [2.24, 2.45) is 5.73 Å². The van der Waals surface area contributed by atoms with Crippen LogP contribution in [-0.2, 0) is 13.1 Å². The maximum atomic E-state index is 11.2. The summed E-state index contributed by atoms with van der Waals surface area (Å²) < 4.78 is 6.40. The molecule has 0 unspecified atom stereocenters. The second kappa shape index (κ2) is 4.70. The van der Waals surface area contributed by atoms with Gasteiger partial charge in [0.05, 0.1) is 11.9 Å². The van der Waals surface area contributed by atoms with E-state index in [1.165, 1.54) is 11.7 Å². The van der Waals surface area contributed by atoms with Crippen LogP contribution >= 0.6 is 0 Å². The van der Waals surface area contributed by atoms with Gasteiger partial charge in [0.2, 0.25) is 5.89 Å². The fourth-order valence-corrected chi connectivity index (χ4v) is 1.17. The molecular formula is C8H11N7O2. The van der Waals surface area contributed by atoms with Crippen molar-refractivity contribution in [1.82, 2.24) is 30.5 Å². The molecule has 9 nitrogen and oxygen atoms in total. The molecule has 9 heteroatoms. The SMILES string of the molecule is CNC(=O)c1noc(Cn2cc(CN)nn2)n1. The molecule has 3 N–H and O–H groups in total. The minimum atomic E-state index is -0.402. The second-order valence-corrected chi connectivity index (χ2v) is 3.20. The normalized spacial score (nSPS) is 10.5. The highest BCUT2D eigenvalue weighted by molar-refractivity contribution is 5.89. The van der Waals surface area contributed by atoms with Crippen LogP contribution in [-0.4, -0.2) is 38.1 Å². The molecule has 0 aliphatic heterocycles. The van der Waals surface area contributed by atoms with Gasteiger partial charge in [0.25, 0.3) is 11.7 Å². The lowest BCUT2D eigenvalue weighted by atomic mass is 10.5. The Morgan fingerprint density at radius 1 is 1.65 bits per heavy atom. The predicted molar refractivity (Wildman–Crippen MR) is 54.7 cm³/mol. The molecule has 0 aliphatic rings. The number of carbonyl (C=O) groups excluding carboxylic acids is 1. The first-order valence-corrected chi connectivity index (χ1v) is 4.86. The zero-order valence-corrected chi connectivity index (χ0v) is 9.12. The van der Waals surface area contributed by atoms with Crippen molar-refractivity contribution in [2.75, 3.05) is 7.05 Å². The Morgan fingerprint density at radius 2 is 2.47 bits per heavy atom. The summed E-state index contributed by atoms with van der Waals surface area (Å²) in [6.45, 7) is 0.560. The Morgan fingerprint density at radius 3 is 3.12 bits per heavy atom. The fraction of sp³-hybridized carbons (Fsp3) is 0.375. The molecule has 0 aliphatic carbocycles. The van der Waals surface area contributed by atoms with Gasteiger partial charge >= 0.3 is 0 Å². The van der Waals surface area contributed by atoms with Gasteiger partial charge in [-0.1, -0.05) is 10.4 Å². The van der Waals surface area contributed by atoms with Gasteiger partial charge in [0.1, 0.15) is 6.54 Å². The molecule has 0 saturated heterocycles. The Kier molecular flexibility index (Phi) is 3.10. The average molecular weight is 237 g/mol. The maximum Gasteiger partial charge on any atom is 0.292 e. The lowest BCUT2D eigenvalue weighted by molar-refractivity contribution is 0.0950. The highest BCUT2D eigenvalue weighted by Crippen LogP contribution is 2.00. The standard InChI is InChI=1S/C8H11N7O2/c1-10-8(16)7-11-6(17-13-7)4-15-3-5(2-9)12-14-15/h3H,2,4,9H2,1H3,(H,10,16). The average Bonchev–Trinajstić information content (AvgIpc) is 2.97. The third-order valence-electron chi connectivity index (χ3n) is 1.99. The monoisotopic (exact) mass is 237 g/mol. The number of nitrogens with two attached hydrogens (primary N) is 1. The molecule has 90 valence electrons. The number of nitrogens with one attached hydrogen (secondary N) is 1. The Labute approximate surface area is 96.0 Å². The van der Waals surface area contributed by atoms with Gasteiger partial charge < -0.3 is 15.6 Å². The van der Waals surface area contributed by atoms with Crippen molar-refractivity contribution < 1.29 is 9.32 Å². The molecule has 0 radical (unpaired) electrons. The minimum absolute atomic E-state index is 0.0123. The van der Waals surface area contributed by atoms with Gasteiger partial charge in [-0.05, 0) is 0 Å². The smallest absolute Gasteiger partial charge is 0.292 e. The van der Waals surface area contributed by atoms with E-state index in [4.69, 9.17) is 10.3 Å². The van der Waals surface area contributed by atoms with Gasteiger partial charge in [-0.3, -0.25) is 4.79 Å². The van der Waals surface area contributed by atoms with Crippen molar-refractivity contribution in [2.45, 2.75) is 13.1 Å². The van der Waals surface area contributed by atoms with Crippen molar-refractivity contribution in [3.05, 3.63) is 23.6 Å². The van der Waals surface area contributed by atoms with Crippen LogP contribution in [0, 0.1) is 0 Å². The Bertz CT molecular complexity index is 517. The van der Waals surface area contributed by atoms with Crippen LogP contribution < -0.4 is 11.1 Å². The van der Waals surface area contributed by atoms with Gasteiger partial charge in [0.15, 0.2) is 0 Å². The van der Waals surface area contributed by atoms with Crippen molar-refractivity contribution in [3.8, 4) is 0 Å². The molecule has 2 aromatic rings. The molecule has 17 heavy (non-hydrogen) atoms. The lowest BCUT2D eigenvalue weighted by Crippen LogP contribution is -2.19. The maximum absolute atomic E-state index is 11.2. The highest BCUT2D eigenvalue weighted by Gasteiger charge is 2.13. The summed E-state index contributed by atoms with van der Waals surface area (Å²) in [5, 5.41) is 13.5. The summed E-state index contributed by atoms with van der Waals surface area (Å²) in [5.74, 6) is -0.139. The zero-order chi connectivity index (χ0) is 12.3. The number of hydrogen-bond donors (Lipinski definition) is 2. The van der Waals surface area contributed by atoms with E-state index >= 15 is 0 Å². The largest absolute Gasteiger partial charge is 0.352 e. The van der Waals surface area contributed by atoms with Crippen molar-refractivity contribution in [3.63, 3.8) is 0 Å². The van der Waals surface area contributed by atoms with Crippen LogP contribution in [0.1, 0.15) is 22.2 Å². The zero-order valence-electron chi connectivity index (χ0n) is 9.12. The van der Waals surface area contributed by atoms with Crippen LogP contribution in [0.4, 0.5) is 0 Å². The molecule has 1 amide bonds. The van der Waals surface area contributed by atoms with E-state index in [-0.39, 0.29) is 18.3 Å². The third-order valence-corrected chi connectivity index (χ3v) is 1.99. The molecule has 0 fully saturated rings. The molecule has 0 bridgehead atoms. The first kappa shape index (κ1) is 11.2. The van der Waals surface area contributed by atoms with Gasteiger partial charge in [-0.25, -0.2) is 4.68 Å². The summed E-state index contributed by atoms with van der Waals surface area (Å²) in [7, 11) is 1.49. The molecule has 2 rings (SSSR count). The number of aromatic nitrogens is 5. The van der Waals surface area contributed by atoms with Crippen LogP contribution in [0.25, 0.3) is 0 Å². The lowest BCUT2D eigenvalue weighted by Gasteiger charge is -1.92. The fourth-order valence-electron chi connectivity index (χ4n) is 1.17. The third kappa shape index (κ3) is 2.45. The Balaban J connectivity index is 2.08. The predicted octanol–water partition coefficient (Wildman–Crippen LogP) is -1.47. The van der Waals surface area contributed by atoms with E-state index in [1.807, 2.05) is 0 Å². The topological polar surface area (TPSA) is 125 Å². The number of amides is 1. The first-order valence-electron chi connectivity index (χ1n) is 4.86. The van der Waals surface area contributed by atoms with E-state index in [0.29, 0.717) is 12.2 Å². The molecule has 2 aromatic heterocycles. The first-order chi connectivity index (χ1) is 8.22. The summed E-state index contributed by atoms with van der Waals surface area (Å²) in [6.07, 6.45) is 1.67. The van der Waals surface area contributed by atoms with Crippen LogP contribution in [0.2, 0.25) is 0 Å². The summed E-state index contributed by atoms with van der Waals surface area (Å²) in [6, 6.07) is 0. The molecule has 0 saturated carbocycles. The van der Waals surface area contributed by atoms with Crippen molar-refractivity contribution in [1.29, 1.82) is 0 Å². The van der Waals surface area contributed by atoms with Crippen LogP contribution in [0.5, 0.6) is 0 Å². The minimum Gasteiger partial charge on any atom is -0.352 e. The van der Waals surface area contributed by atoms with E-state index in [2.05, 4.69) is 25.8 Å². The molecule has 2 heterocycles. The number of hydrogen-bond acceptors (Lipinski definition) is 7. The number of carbonyl (C=O) groups is 1. The van der Waals surface area contributed by atoms with E-state index in [1.54, 1.807) is 6.20 Å². The number of nitrogens with zero attached hydrogens (tertiary/aromatic N) is 5. The molecule has 0 spiro atoms. The van der Waals surface area contributed by atoms with Gasteiger partial charge in [-0.2, -0.15) is 4.98 Å². The van der Waals surface area contributed by atoms with Crippen LogP contribution in [0.3, 0.4) is 0 Å². The summed E-state index contributed by atoms with van der Waals surface area (Å²) in [5.41, 5.74) is 6.06. The van der Waals surface area contributed by atoms with E-state index in [9.17, 15) is 4.79 Å². The van der Waals surface area contributed by atoms with Crippen LogP contribution in [0.15, 0.2) is 10.7 Å². The quantitative estimate of drug-likeness (QED) is 0.664. The van der Waals surface area contributed by atoms with Gasteiger partial charge in [0, 0.05) is 13.6 Å². The molecule has 0 atom stereocenters.